The van der Waals surface area contributed by atoms with Crippen molar-refractivity contribution < 1.29 is 4.79 Å². The molecule has 1 aromatic rings. The highest BCUT2D eigenvalue weighted by atomic mass is 35.5. The fraction of sp³-hybridized carbons (Fsp3) is 0.667. The molecule has 0 aliphatic carbocycles. The number of likely N-dealkylation sites (tertiary alicyclic amines) is 1. The van der Waals surface area contributed by atoms with E-state index in [4.69, 9.17) is 17.3 Å². The summed E-state index contributed by atoms with van der Waals surface area (Å²) in [5.41, 5.74) is 8.18. The number of urea groups is 1. The normalized spacial score (nSPS) is 31.1. The largest absolute Gasteiger partial charge is 0.330 e. The molecule has 2 amide bonds. The first kappa shape index (κ1) is 20.9. The molecule has 0 bridgehead atoms. The lowest BCUT2D eigenvalue weighted by molar-refractivity contribution is 0.0656. The Morgan fingerprint density at radius 3 is 2.76 bits per heavy atom. The molecule has 3 heterocycles. The molecule has 0 spiro atoms. The predicted octanol–water partition coefficient (Wildman–Crippen LogP) is 1.43. The molecule has 0 aromatic heterocycles. The van der Waals surface area contributed by atoms with Crippen LogP contribution in [0.15, 0.2) is 18.2 Å². The second kappa shape index (κ2) is 8.78. The SMILES string of the molecule is Cc1ccc(C2NCC(CN3CCN(C)C3=O)C(N3CCC(CN)C3)N2)cc1Cl. The van der Waals surface area contributed by atoms with E-state index in [1.807, 2.05) is 24.9 Å². The van der Waals surface area contributed by atoms with Crippen molar-refractivity contribution in [2.24, 2.45) is 17.6 Å². The summed E-state index contributed by atoms with van der Waals surface area (Å²) >= 11 is 6.38. The van der Waals surface area contributed by atoms with Gasteiger partial charge in [-0.25, -0.2) is 4.79 Å². The van der Waals surface area contributed by atoms with Gasteiger partial charge in [0.2, 0.25) is 0 Å². The van der Waals surface area contributed by atoms with Gasteiger partial charge in [-0.2, -0.15) is 0 Å². The summed E-state index contributed by atoms with van der Waals surface area (Å²) in [4.78, 5) is 18.7. The van der Waals surface area contributed by atoms with Crippen LogP contribution in [0.4, 0.5) is 4.79 Å². The molecule has 4 N–H and O–H groups in total. The van der Waals surface area contributed by atoms with Gasteiger partial charge in [-0.3, -0.25) is 15.5 Å². The van der Waals surface area contributed by atoms with E-state index in [0.717, 1.165) is 68.4 Å². The lowest BCUT2D eigenvalue weighted by Crippen LogP contribution is -2.62. The second-order valence-corrected chi connectivity index (χ2v) is 9.16. The molecule has 7 nitrogen and oxygen atoms in total. The first-order chi connectivity index (χ1) is 14.0. The maximum Gasteiger partial charge on any atom is 0.319 e. The molecule has 0 saturated carbocycles. The zero-order chi connectivity index (χ0) is 20.5. The summed E-state index contributed by atoms with van der Waals surface area (Å²) in [5, 5.41) is 8.25. The maximum absolute atomic E-state index is 12.4. The monoisotopic (exact) mass is 420 g/mol. The van der Waals surface area contributed by atoms with Crippen molar-refractivity contribution in [3.63, 3.8) is 0 Å². The van der Waals surface area contributed by atoms with Gasteiger partial charge in [-0.05, 0) is 43.0 Å². The number of nitrogens with zero attached hydrogens (tertiary/aromatic N) is 3. The Morgan fingerprint density at radius 1 is 1.28 bits per heavy atom. The Hall–Kier alpha value is -1.38. The van der Waals surface area contributed by atoms with Crippen molar-refractivity contribution in [3.8, 4) is 0 Å². The third-order valence-electron chi connectivity index (χ3n) is 6.70. The van der Waals surface area contributed by atoms with Crippen LogP contribution in [0.2, 0.25) is 5.02 Å². The highest BCUT2D eigenvalue weighted by Crippen LogP contribution is 2.28. The van der Waals surface area contributed by atoms with Gasteiger partial charge in [0.05, 0.1) is 12.3 Å². The number of likely N-dealkylation sites (N-methyl/N-ethyl adjacent to an activating group) is 1. The van der Waals surface area contributed by atoms with Gasteiger partial charge < -0.3 is 15.5 Å². The number of nitrogens with two attached hydrogens (primary N) is 1. The number of benzene rings is 1. The number of carbonyl (C=O) groups excluding carboxylic acids is 1. The standard InChI is InChI=1S/C21H33ClN6O/c1-14-3-4-16(9-18(14)22)19-24-11-17(13-28-8-7-26(2)21(28)29)20(25-19)27-6-5-15(10-23)12-27/h3-4,9,15,17,19-20,24-25H,5-8,10-13,23H2,1-2H3. The Morgan fingerprint density at radius 2 is 2.10 bits per heavy atom. The molecule has 3 aliphatic rings. The number of nitrogens with one attached hydrogen (secondary N) is 2. The van der Waals surface area contributed by atoms with E-state index < -0.39 is 0 Å². The van der Waals surface area contributed by atoms with Crippen LogP contribution < -0.4 is 16.4 Å². The Balaban J connectivity index is 1.51. The van der Waals surface area contributed by atoms with Crippen LogP contribution >= 0.6 is 11.6 Å². The number of halogens is 1. The van der Waals surface area contributed by atoms with Gasteiger partial charge in [0.25, 0.3) is 0 Å². The van der Waals surface area contributed by atoms with E-state index >= 15 is 0 Å². The van der Waals surface area contributed by atoms with Crippen molar-refractivity contribution in [1.29, 1.82) is 0 Å². The molecule has 1 aromatic carbocycles. The molecule has 0 radical (unpaired) electrons. The molecule has 160 valence electrons. The molecule has 4 unspecified atom stereocenters. The van der Waals surface area contributed by atoms with Crippen LogP contribution in [0.5, 0.6) is 0 Å². The van der Waals surface area contributed by atoms with Crippen molar-refractivity contribution in [2.45, 2.75) is 25.7 Å². The predicted molar refractivity (Wildman–Crippen MR) is 116 cm³/mol. The van der Waals surface area contributed by atoms with Crippen LogP contribution in [-0.2, 0) is 0 Å². The number of hydrogen-bond acceptors (Lipinski definition) is 5. The maximum atomic E-state index is 12.4. The quantitative estimate of drug-likeness (QED) is 0.671. The minimum Gasteiger partial charge on any atom is -0.330 e. The third kappa shape index (κ3) is 4.39. The number of aryl methyl sites for hydroxylation is 1. The van der Waals surface area contributed by atoms with E-state index in [-0.39, 0.29) is 18.4 Å². The number of rotatable bonds is 5. The summed E-state index contributed by atoms with van der Waals surface area (Å²) in [6, 6.07) is 6.39. The Bertz CT molecular complexity index is 746. The summed E-state index contributed by atoms with van der Waals surface area (Å²) in [6.45, 7) is 8.04. The molecular weight excluding hydrogens is 388 g/mol. The zero-order valence-electron chi connectivity index (χ0n) is 17.4. The van der Waals surface area contributed by atoms with Crippen molar-refractivity contribution >= 4 is 17.6 Å². The lowest BCUT2D eigenvalue weighted by Gasteiger charge is -2.44. The third-order valence-corrected chi connectivity index (χ3v) is 7.11. The van der Waals surface area contributed by atoms with Crippen LogP contribution in [0, 0.1) is 18.8 Å². The first-order valence-corrected chi connectivity index (χ1v) is 11.0. The molecular formula is C21H33ClN6O. The van der Waals surface area contributed by atoms with Crippen molar-refractivity contribution in [3.05, 3.63) is 34.3 Å². The van der Waals surface area contributed by atoms with Crippen LogP contribution in [0.3, 0.4) is 0 Å². The van der Waals surface area contributed by atoms with Crippen molar-refractivity contribution in [2.75, 3.05) is 52.9 Å². The van der Waals surface area contributed by atoms with Crippen molar-refractivity contribution in [1.82, 2.24) is 25.3 Å². The molecule has 3 aliphatic heterocycles. The summed E-state index contributed by atoms with van der Waals surface area (Å²) in [5.74, 6) is 0.873. The minimum absolute atomic E-state index is 0.0447. The zero-order valence-corrected chi connectivity index (χ0v) is 18.2. The van der Waals surface area contributed by atoms with E-state index in [1.165, 1.54) is 0 Å². The van der Waals surface area contributed by atoms with Gasteiger partial charge in [-0.1, -0.05) is 23.7 Å². The van der Waals surface area contributed by atoms with Crippen LogP contribution in [0.1, 0.15) is 23.7 Å². The van der Waals surface area contributed by atoms with Gasteiger partial charge in [0.15, 0.2) is 0 Å². The first-order valence-electron chi connectivity index (χ1n) is 10.7. The highest BCUT2D eigenvalue weighted by molar-refractivity contribution is 6.31. The second-order valence-electron chi connectivity index (χ2n) is 8.76. The summed E-state index contributed by atoms with van der Waals surface area (Å²) < 4.78 is 0. The van der Waals surface area contributed by atoms with Gasteiger partial charge in [0, 0.05) is 57.3 Å². The van der Waals surface area contributed by atoms with Gasteiger partial charge in [0.1, 0.15) is 0 Å². The van der Waals surface area contributed by atoms with Gasteiger partial charge in [-0.15, -0.1) is 0 Å². The van der Waals surface area contributed by atoms with E-state index in [1.54, 1.807) is 4.90 Å². The number of hydrogen-bond donors (Lipinski definition) is 3. The lowest BCUT2D eigenvalue weighted by atomic mass is 9.98. The van der Waals surface area contributed by atoms with E-state index in [9.17, 15) is 4.79 Å². The smallest absolute Gasteiger partial charge is 0.319 e. The average Bonchev–Trinajstić information content (AvgIpc) is 3.32. The minimum atomic E-state index is 0.0447. The van der Waals surface area contributed by atoms with E-state index in [2.05, 4.69) is 27.7 Å². The number of carbonyl (C=O) groups is 1. The molecule has 3 saturated heterocycles. The highest BCUT2D eigenvalue weighted by Gasteiger charge is 2.39. The van der Waals surface area contributed by atoms with E-state index in [0.29, 0.717) is 11.8 Å². The summed E-state index contributed by atoms with van der Waals surface area (Å²) in [7, 11) is 1.88. The average molecular weight is 421 g/mol. The van der Waals surface area contributed by atoms with Crippen LogP contribution in [0.25, 0.3) is 0 Å². The molecule has 29 heavy (non-hydrogen) atoms. The fourth-order valence-corrected chi connectivity index (χ4v) is 4.97. The Kier molecular flexibility index (Phi) is 6.32. The molecule has 4 atom stereocenters. The number of amides is 2. The molecule has 3 fully saturated rings. The topological polar surface area (TPSA) is 76.9 Å². The molecule has 8 heteroatoms. The fourth-order valence-electron chi connectivity index (χ4n) is 4.78. The Labute approximate surface area is 178 Å². The summed E-state index contributed by atoms with van der Waals surface area (Å²) in [6.07, 6.45) is 1.39. The van der Waals surface area contributed by atoms with Crippen LogP contribution in [-0.4, -0.2) is 79.8 Å². The molecule has 4 rings (SSSR count). The van der Waals surface area contributed by atoms with Gasteiger partial charge >= 0.3 is 6.03 Å².